The summed E-state index contributed by atoms with van der Waals surface area (Å²) in [5.41, 5.74) is 0.525. The van der Waals surface area contributed by atoms with Gasteiger partial charge in [0, 0.05) is 31.7 Å². The van der Waals surface area contributed by atoms with E-state index in [2.05, 4.69) is 24.3 Å². The number of rotatable bonds is 8. The number of Topliss-reactive ketones (excluding diaryl/α,β-unsaturated/α-hetero) is 1. The van der Waals surface area contributed by atoms with Crippen LogP contribution in [-0.2, 0) is 10.0 Å². The van der Waals surface area contributed by atoms with Gasteiger partial charge in [0.25, 0.3) is 0 Å². The Labute approximate surface area is 157 Å². The van der Waals surface area contributed by atoms with Crippen molar-refractivity contribution in [1.82, 2.24) is 14.5 Å². The van der Waals surface area contributed by atoms with Crippen LogP contribution in [0.4, 0.5) is 0 Å². The third-order valence-corrected chi connectivity index (χ3v) is 7.22. The molecule has 1 aromatic rings. The van der Waals surface area contributed by atoms with Crippen LogP contribution >= 0.6 is 0 Å². The summed E-state index contributed by atoms with van der Waals surface area (Å²) >= 11 is 0. The summed E-state index contributed by atoms with van der Waals surface area (Å²) in [4.78, 5) is 14.9. The minimum atomic E-state index is -3.54. The topological polar surface area (TPSA) is 69.7 Å². The molecule has 0 bridgehead atoms. The zero-order chi connectivity index (χ0) is 19.4. The highest BCUT2D eigenvalue weighted by Gasteiger charge is 2.33. The maximum Gasteiger partial charge on any atom is 0.242 e. The molecule has 0 unspecified atom stereocenters. The van der Waals surface area contributed by atoms with E-state index in [0.29, 0.717) is 5.56 Å². The van der Waals surface area contributed by atoms with Gasteiger partial charge in [0.2, 0.25) is 10.0 Å². The number of hydrogen-bond acceptors (Lipinski definition) is 5. The van der Waals surface area contributed by atoms with Crippen molar-refractivity contribution in [3.05, 3.63) is 29.8 Å². The smallest absolute Gasteiger partial charge is 0.242 e. The van der Waals surface area contributed by atoms with Gasteiger partial charge < -0.3 is 10.2 Å². The predicted molar refractivity (Wildman–Crippen MR) is 104 cm³/mol. The van der Waals surface area contributed by atoms with E-state index in [4.69, 9.17) is 0 Å². The maximum absolute atomic E-state index is 12.5. The van der Waals surface area contributed by atoms with E-state index in [0.717, 1.165) is 23.7 Å². The Balaban J connectivity index is 2.02. The zero-order valence-electron chi connectivity index (χ0n) is 16.3. The van der Waals surface area contributed by atoms with E-state index in [1.165, 1.54) is 45.5 Å². The van der Waals surface area contributed by atoms with E-state index in [1.807, 2.05) is 0 Å². The molecule has 0 aromatic heterocycles. The second kappa shape index (κ2) is 8.61. The summed E-state index contributed by atoms with van der Waals surface area (Å²) in [5, 5.41) is 3.31. The second-order valence-corrected chi connectivity index (χ2v) is 9.67. The first-order chi connectivity index (χ1) is 12.2. The summed E-state index contributed by atoms with van der Waals surface area (Å²) in [6, 6.07) is 6.26. The van der Waals surface area contributed by atoms with Crippen molar-refractivity contribution in [1.29, 1.82) is 0 Å². The molecule has 0 radical (unpaired) electrons. The summed E-state index contributed by atoms with van der Waals surface area (Å²) in [7, 11) is 3.63. The first kappa shape index (κ1) is 21.0. The number of ketones is 1. The zero-order valence-corrected chi connectivity index (χ0v) is 17.1. The van der Waals surface area contributed by atoms with Gasteiger partial charge in [-0.05, 0) is 39.1 Å². The third-order valence-electron chi connectivity index (χ3n) is 5.41. The third kappa shape index (κ3) is 4.71. The lowest BCUT2D eigenvalue weighted by Crippen LogP contribution is -2.53. The fourth-order valence-corrected chi connectivity index (χ4v) is 4.49. The molecule has 2 rings (SSSR count). The average Bonchev–Trinajstić information content (AvgIpc) is 2.62. The fraction of sp³-hybridized carbons (Fsp3) is 0.632. The van der Waals surface area contributed by atoms with Crippen molar-refractivity contribution in [3.8, 4) is 0 Å². The highest BCUT2D eigenvalue weighted by molar-refractivity contribution is 7.89. The van der Waals surface area contributed by atoms with Crippen LogP contribution in [-0.4, -0.2) is 70.2 Å². The molecular weight excluding hydrogens is 350 g/mol. The molecule has 26 heavy (non-hydrogen) atoms. The highest BCUT2D eigenvalue weighted by Crippen LogP contribution is 2.31. The van der Waals surface area contributed by atoms with Crippen molar-refractivity contribution >= 4 is 15.8 Å². The van der Waals surface area contributed by atoms with Crippen molar-refractivity contribution < 1.29 is 13.2 Å². The molecule has 7 heteroatoms. The molecule has 1 fully saturated rings. The van der Waals surface area contributed by atoms with Gasteiger partial charge in [-0.3, -0.25) is 4.79 Å². The molecule has 0 spiro atoms. The van der Waals surface area contributed by atoms with E-state index >= 15 is 0 Å². The van der Waals surface area contributed by atoms with Crippen molar-refractivity contribution in [2.75, 3.05) is 41.3 Å². The Morgan fingerprint density at radius 3 is 2.35 bits per heavy atom. The second-order valence-electron chi connectivity index (χ2n) is 7.52. The van der Waals surface area contributed by atoms with E-state index in [9.17, 15) is 13.2 Å². The van der Waals surface area contributed by atoms with Gasteiger partial charge in [-0.2, -0.15) is 0 Å². The predicted octanol–water partition coefficient (Wildman–Crippen LogP) is 1.97. The average molecular weight is 382 g/mol. The summed E-state index contributed by atoms with van der Waals surface area (Å²) in [6.07, 6.45) is 5.99. The molecule has 1 aliphatic carbocycles. The van der Waals surface area contributed by atoms with Gasteiger partial charge >= 0.3 is 0 Å². The lowest BCUT2D eigenvalue weighted by atomic mass is 9.80. The van der Waals surface area contributed by atoms with Crippen LogP contribution in [0.1, 0.15) is 42.5 Å². The molecule has 0 amide bonds. The molecule has 0 saturated heterocycles. The van der Waals surface area contributed by atoms with Crippen LogP contribution in [0.2, 0.25) is 0 Å². The van der Waals surface area contributed by atoms with Crippen LogP contribution < -0.4 is 5.32 Å². The van der Waals surface area contributed by atoms with Crippen LogP contribution in [0.5, 0.6) is 0 Å². The van der Waals surface area contributed by atoms with Crippen LogP contribution in [0, 0.1) is 0 Å². The van der Waals surface area contributed by atoms with Crippen molar-refractivity contribution in [2.24, 2.45) is 0 Å². The molecule has 0 atom stereocenters. The standard InChI is InChI=1S/C19H31N3O3S/c1-21(2)19(11-6-5-7-12-19)15-20-14-18(23)16-9-8-10-17(13-16)26(24,25)22(3)4/h8-10,13,20H,5-7,11-12,14-15H2,1-4H3. The number of likely N-dealkylation sites (N-methyl/N-ethyl adjacent to an activating group) is 1. The SMILES string of the molecule is CN(C)C1(CNCC(=O)c2cccc(S(=O)(=O)N(C)C)c2)CCCCC1. The number of carbonyl (C=O) groups excluding carboxylic acids is 1. The minimum absolute atomic E-state index is 0.0921. The highest BCUT2D eigenvalue weighted by atomic mass is 32.2. The largest absolute Gasteiger partial charge is 0.308 e. The summed E-state index contributed by atoms with van der Waals surface area (Å²) in [5.74, 6) is -0.0921. The first-order valence-electron chi connectivity index (χ1n) is 9.13. The number of carbonyl (C=O) groups is 1. The van der Waals surface area contributed by atoms with E-state index < -0.39 is 10.0 Å². The van der Waals surface area contributed by atoms with Crippen molar-refractivity contribution in [2.45, 2.75) is 42.5 Å². The van der Waals surface area contributed by atoms with Crippen molar-refractivity contribution in [3.63, 3.8) is 0 Å². The summed E-state index contributed by atoms with van der Waals surface area (Å²) < 4.78 is 25.6. The number of nitrogens with one attached hydrogen (secondary N) is 1. The quantitative estimate of drug-likeness (QED) is 0.697. The molecule has 6 nitrogen and oxygen atoms in total. The monoisotopic (exact) mass is 381 g/mol. The molecule has 0 aliphatic heterocycles. The number of hydrogen-bond donors (Lipinski definition) is 1. The minimum Gasteiger partial charge on any atom is -0.308 e. The molecule has 1 saturated carbocycles. The van der Waals surface area contributed by atoms with Gasteiger partial charge in [0.05, 0.1) is 11.4 Å². The first-order valence-corrected chi connectivity index (χ1v) is 10.6. The van der Waals surface area contributed by atoms with Crippen LogP contribution in [0.3, 0.4) is 0 Å². The van der Waals surface area contributed by atoms with Gasteiger partial charge in [0.15, 0.2) is 5.78 Å². The van der Waals surface area contributed by atoms with Gasteiger partial charge in [-0.1, -0.05) is 31.4 Å². The van der Waals surface area contributed by atoms with E-state index in [-0.39, 0.29) is 22.8 Å². The Hall–Kier alpha value is -1.28. The van der Waals surface area contributed by atoms with Gasteiger partial charge in [0.1, 0.15) is 0 Å². The number of sulfonamides is 1. The van der Waals surface area contributed by atoms with Crippen LogP contribution in [0.15, 0.2) is 29.2 Å². The Bertz CT molecular complexity index is 723. The Morgan fingerprint density at radius 1 is 1.12 bits per heavy atom. The molecule has 1 N–H and O–H groups in total. The van der Waals surface area contributed by atoms with E-state index in [1.54, 1.807) is 12.1 Å². The Morgan fingerprint density at radius 2 is 1.77 bits per heavy atom. The normalized spacial score (nSPS) is 17.6. The molecule has 1 aliphatic rings. The number of nitrogens with zero attached hydrogens (tertiary/aromatic N) is 2. The molecule has 146 valence electrons. The van der Waals surface area contributed by atoms with Gasteiger partial charge in [-0.15, -0.1) is 0 Å². The fourth-order valence-electron chi connectivity index (χ4n) is 3.54. The van der Waals surface area contributed by atoms with Crippen LogP contribution in [0.25, 0.3) is 0 Å². The Kier molecular flexibility index (Phi) is 6.96. The lowest BCUT2D eigenvalue weighted by Gasteiger charge is -2.43. The maximum atomic E-state index is 12.5. The molecular formula is C19H31N3O3S. The lowest BCUT2D eigenvalue weighted by molar-refractivity contribution is 0.0905. The molecule has 0 heterocycles. The van der Waals surface area contributed by atoms with Gasteiger partial charge in [-0.25, -0.2) is 12.7 Å². The summed E-state index contributed by atoms with van der Waals surface area (Å²) in [6.45, 7) is 0.975. The number of benzene rings is 1. The molecule has 1 aromatic carbocycles.